The summed E-state index contributed by atoms with van der Waals surface area (Å²) in [5, 5.41) is 3.36. The average molecular weight is 382 g/mol. The van der Waals surface area contributed by atoms with Gasteiger partial charge >= 0.3 is 0 Å². The molecule has 152 valence electrons. The van der Waals surface area contributed by atoms with E-state index in [0.29, 0.717) is 12.0 Å². The molecule has 5 aliphatic rings. The molecule has 1 amide bonds. The Morgan fingerprint density at radius 3 is 2.25 bits per heavy atom. The number of amides is 1. The highest BCUT2D eigenvalue weighted by Crippen LogP contribution is 2.57. The molecule has 1 saturated heterocycles. The van der Waals surface area contributed by atoms with E-state index in [4.69, 9.17) is 0 Å². The molecule has 1 aromatic carbocycles. The minimum atomic E-state index is 0.238. The molecule has 0 unspecified atom stereocenters. The molecule has 6 rings (SSSR count). The number of piperazine rings is 1. The highest BCUT2D eigenvalue weighted by molar-refractivity contribution is 5.78. The van der Waals surface area contributed by atoms with E-state index in [1.54, 1.807) is 0 Å². The maximum atomic E-state index is 12.7. The van der Waals surface area contributed by atoms with E-state index in [0.717, 1.165) is 50.5 Å². The Hall–Kier alpha value is -1.55. The van der Waals surface area contributed by atoms with E-state index in [-0.39, 0.29) is 5.91 Å². The molecular weight excluding hydrogens is 346 g/mol. The SMILES string of the molecule is O=C(CN1CCN(c2ccccc2)CC1)NCC12CC3C[C@@H](CC[C@H](C3)C1)C2. The number of rotatable bonds is 5. The number of nitrogens with one attached hydrogen (secondary N) is 1. The second kappa shape index (κ2) is 7.70. The molecule has 4 nitrogen and oxygen atoms in total. The summed E-state index contributed by atoms with van der Waals surface area (Å²) in [7, 11) is 0. The lowest BCUT2D eigenvalue weighted by atomic mass is 9.58. The van der Waals surface area contributed by atoms with Gasteiger partial charge in [0.15, 0.2) is 0 Å². The lowest BCUT2D eigenvalue weighted by Gasteiger charge is -2.48. The van der Waals surface area contributed by atoms with E-state index in [2.05, 4.69) is 45.4 Å². The molecule has 0 radical (unpaired) electrons. The number of nitrogens with zero attached hydrogens (tertiary/aromatic N) is 2. The van der Waals surface area contributed by atoms with E-state index < -0.39 is 0 Å². The van der Waals surface area contributed by atoms with E-state index in [1.165, 1.54) is 50.6 Å². The zero-order chi connectivity index (χ0) is 19.0. The van der Waals surface area contributed by atoms with Crippen molar-refractivity contribution in [2.24, 2.45) is 23.2 Å². The molecule has 0 aromatic heterocycles. The van der Waals surface area contributed by atoms with Crippen LogP contribution in [0.5, 0.6) is 0 Å². The summed E-state index contributed by atoms with van der Waals surface area (Å²) in [4.78, 5) is 17.4. The molecule has 4 bridgehead atoms. The van der Waals surface area contributed by atoms with Gasteiger partial charge in [-0.3, -0.25) is 9.69 Å². The van der Waals surface area contributed by atoms with Crippen LogP contribution in [-0.4, -0.2) is 50.1 Å². The maximum Gasteiger partial charge on any atom is 0.234 e. The van der Waals surface area contributed by atoms with Gasteiger partial charge < -0.3 is 10.2 Å². The molecule has 5 fully saturated rings. The van der Waals surface area contributed by atoms with E-state index in [9.17, 15) is 4.79 Å². The van der Waals surface area contributed by atoms with Gasteiger partial charge in [-0.1, -0.05) is 31.0 Å². The number of hydrogen-bond donors (Lipinski definition) is 1. The van der Waals surface area contributed by atoms with Gasteiger partial charge in [-0.2, -0.15) is 0 Å². The summed E-state index contributed by atoms with van der Waals surface area (Å²) in [6.07, 6.45) is 9.95. The predicted molar refractivity (Wildman–Crippen MR) is 113 cm³/mol. The molecule has 4 heteroatoms. The summed E-state index contributed by atoms with van der Waals surface area (Å²) in [6, 6.07) is 10.6. The van der Waals surface area contributed by atoms with Gasteiger partial charge in [0, 0.05) is 38.4 Å². The fourth-order valence-electron chi connectivity index (χ4n) is 6.94. The Balaban J connectivity index is 1.10. The third kappa shape index (κ3) is 3.94. The molecule has 1 aliphatic heterocycles. The fraction of sp³-hybridized carbons (Fsp3) is 0.708. The molecule has 4 aliphatic carbocycles. The van der Waals surface area contributed by atoms with Crippen molar-refractivity contribution in [1.29, 1.82) is 0 Å². The number of para-hydroxylation sites is 1. The second-order valence-corrected chi connectivity index (χ2v) is 10.1. The van der Waals surface area contributed by atoms with Crippen LogP contribution in [0.15, 0.2) is 30.3 Å². The molecule has 1 N–H and O–H groups in total. The Kier molecular flexibility index (Phi) is 5.08. The minimum Gasteiger partial charge on any atom is -0.369 e. The first kappa shape index (κ1) is 18.5. The highest BCUT2D eigenvalue weighted by atomic mass is 16.2. The van der Waals surface area contributed by atoms with Gasteiger partial charge in [-0.25, -0.2) is 0 Å². The lowest BCUT2D eigenvalue weighted by molar-refractivity contribution is -0.123. The van der Waals surface area contributed by atoms with Crippen molar-refractivity contribution in [3.05, 3.63) is 30.3 Å². The number of carbonyl (C=O) groups excluding carboxylic acids is 1. The zero-order valence-electron chi connectivity index (χ0n) is 17.1. The topological polar surface area (TPSA) is 35.6 Å². The summed E-state index contributed by atoms with van der Waals surface area (Å²) in [5.74, 6) is 3.06. The largest absolute Gasteiger partial charge is 0.369 e. The summed E-state index contributed by atoms with van der Waals surface area (Å²) in [6.45, 7) is 5.45. The maximum absolute atomic E-state index is 12.7. The first-order valence-electron chi connectivity index (χ1n) is 11.5. The van der Waals surface area contributed by atoms with Gasteiger partial charge in [0.25, 0.3) is 0 Å². The van der Waals surface area contributed by atoms with Gasteiger partial charge in [0.05, 0.1) is 6.54 Å². The van der Waals surface area contributed by atoms with E-state index >= 15 is 0 Å². The van der Waals surface area contributed by atoms with Crippen molar-refractivity contribution >= 4 is 11.6 Å². The van der Waals surface area contributed by atoms with Crippen molar-refractivity contribution in [2.75, 3.05) is 44.2 Å². The van der Waals surface area contributed by atoms with Crippen LogP contribution in [0.3, 0.4) is 0 Å². The summed E-state index contributed by atoms with van der Waals surface area (Å²) >= 11 is 0. The number of anilines is 1. The highest BCUT2D eigenvalue weighted by Gasteiger charge is 2.48. The molecule has 28 heavy (non-hydrogen) atoms. The Morgan fingerprint density at radius 1 is 0.929 bits per heavy atom. The quantitative estimate of drug-likeness (QED) is 0.847. The number of fused-ring (bicyclic) bond motifs is 1. The van der Waals surface area contributed by atoms with Crippen molar-refractivity contribution in [3.8, 4) is 0 Å². The molecule has 1 aromatic rings. The molecule has 2 atom stereocenters. The van der Waals surface area contributed by atoms with Crippen LogP contribution in [0.2, 0.25) is 0 Å². The number of carbonyl (C=O) groups is 1. The first-order valence-corrected chi connectivity index (χ1v) is 11.5. The van der Waals surface area contributed by atoms with Crippen LogP contribution in [0.25, 0.3) is 0 Å². The molecule has 1 heterocycles. The van der Waals surface area contributed by atoms with Crippen molar-refractivity contribution in [3.63, 3.8) is 0 Å². The van der Waals surface area contributed by atoms with Gasteiger partial charge in [0.2, 0.25) is 5.91 Å². The van der Waals surface area contributed by atoms with Crippen LogP contribution < -0.4 is 10.2 Å². The smallest absolute Gasteiger partial charge is 0.234 e. The first-order chi connectivity index (χ1) is 13.7. The Morgan fingerprint density at radius 2 is 1.57 bits per heavy atom. The zero-order valence-corrected chi connectivity index (χ0v) is 17.1. The average Bonchev–Trinajstić information content (AvgIpc) is 2.93. The minimum absolute atomic E-state index is 0.238. The van der Waals surface area contributed by atoms with Crippen molar-refractivity contribution in [1.82, 2.24) is 10.2 Å². The van der Waals surface area contributed by atoms with Gasteiger partial charge in [-0.15, -0.1) is 0 Å². The van der Waals surface area contributed by atoms with Gasteiger partial charge in [0.1, 0.15) is 0 Å². The summed E-state index contributed by atoms with van der Waals surface area (Å²) < 4.78 is 0. The molecule has 4 saturated carbocycles. The normalized spacial score (nSPS) is 35.0. The van der Waals surface area contributed by atoms with Crippen LogP contribution in [-0.2, 0) is 4.79 Å². The van der Waals surface area contributed by atoms with Crippen LogP contribution in [0, 0.1) is 23.2 Å². The van der Waals surface area contributed by atoms with Gasteiger partial charge in [-0.05, 0) is 67.4 Å². The number of benzene rings is 1. The number of hydrogen-bond acceptors (Lipinski definition) is 3. The molecule has 0 spiro atoms. The Bertz CT molecular complexity index is 666. The van der Waals surface area contributed by atoms with Crippen molar-refractivity contribution in [2.45, 2.75) is 44.9 Å². The molecular formula is C24H35N3O. The third-order valence-electron chi connectivity index (χ3n) is 8.00. The monoisotopic (exact) mass is 381 g/mol. The van der Waals surface area contributed by atoms with Crippen LogP contribution >= 0.6 is 0 Å². The van der Waals surface area contributed by atoms with Crippen molar-refractivity contribution < 1.29 is 4.79 Å². The third-order valence-corrected chi connectivity index (χ3v) is 8.00. The van der Waals surface area contributed by atoms with E-state index in [1.807, 2.05) is 0 Å². The second-order valence-electron chi connectivity index (χ2n) is 10.1. The predicted octanol–water partition coefficient (Wildman–Crippen LogP) is 3.53. The lowest BCUT2D eigenvalue weighted by Crippen LogP contribution is -2.51. The van der Waals surface area contributed by atoms with Crippen LogP contribution in [0.1, 0.15) is 44.9 Å². The standard InChI is InChI=1S/C24H35N3O/c28-23(17-26-8-10-27(11-9-26)22-4-2-1-3-5-22)25-18-24-14-19-6-7-20(15-24)13-21(12-19)16-24/h1-5,19-21H,6-18H2,(H,25,28)/t19-,20-,21?,24?/m1/s1. The van der Waals surface area contributed by atoms with Crippen LogP contribution in [0.4, 0.5) is 5.69 Å². The Labute approximate surface area is 169 Å². The fourth-order valence-corrected chi connectivity index (χ4v) is 6.94. The summed E-state index contributed by atoms with van der Waals surface area (Å²) in [5.41, 5.74) is 1.72.